The van der Waals surface area contributed by atoms with E-state index >= 15 is 0 Å². The summed E-state index contributed by atoms with van der Waals surface area (Å²) in [6.45, 7) is 8.19. The zero-order chi connectivity index (χ0) is 20.8. The molecule has 0 radical (unpaired) electrons. The summed E-state index contributed by atoms with van der Waals surface area (Å²) in [5.41, 5.74) is 0.633. The second-order valence-electron chi connectivity index (χ2n) is 9.71. The summed E-state index contributed by atoms with van der Waals surface area (Å²) in [5, 5.41) is 0. The highest BCUT2D eigenvalue weighted by atomic mass is 16.5. The zero-order valence-corrected chi connectivity index (χ0v) is 20.5. The van der Waals surface area contributed by atoms with Crippen LogP contribution in [0.1, 0.15) is 156 Å². The Morgan fingerprint density at radius 2 is 0.857 bits per heavy atom. The minimum Gasteiger partial charge on any atom is -0.385 e. The van der Waals surface area contributed by atoms with Gasteiger partial charge in [0.05, 0.1) is 0 Å². The summed E-state index contributed by atoms with van der Waals surface area (Å²) in [4.78, 5) is 0. The molecule has 0 aliphatic rings. The van der Waals surface area contributed by atoms with E-state index in [1.165, 1.54) is 135 Å². The largest absolute Gasteiger partial charge is 0.385 e. The molecule has 1 atom stereocenters. The quantitative estimate of drug-likeness (QED) is 0.156. The van der Waals surface area contributed by atoms with Crippen molar-refractivity contribution in [3.05, 3.63) is 0 Å². The third kappa shape index (κ3) is 19.3. The first-order valence-electron chi connectivity index (χ1n) is 13.2. The molecule has 0 saturated heterocycles. The summed E-state index contributed by atoms with van der Waals surface area (Å²) in [5.74, 6) is 0. The van der Waals surface area contributed by atoms with Crippen molar-refractivity contribution >= 4 is 0 Å². The first-order chi connectivity index (χ1) is 13.7. The molecule has 1 nitrogen and oxygen atoms in total. The highest BCUT2D eigenvalue weighted by Gasteiger charge is 2.21. The van der Waals surface area contributed by atoms with Gasteiger partial charge in [0.25, 0.3) is 0 Å². The molecule has 0 fully saturated rings. The molecule has 0 spiro atoms. The van der Waals surface area contributed by atoms with Crippen molar-refractivity contribution in [2.45, 2.75) is 156 Å². The zero-order valence-electron chi connectivity index (χ0n) is 20.5. The van der Waals surface area contributed by atoms with Crippen molar-refractivity contribution < 1.29 is 4.74 Å². The van der Waals surface area contributed by atoms with Crippen LogP contribution in [0.4, 0.5) is 0 Å². The summed E-state index contributed by atoms with van der Waals surface area (Å²) < 4.78 is 5.10. The first kappa shape index (κ1) is 28.0. The third-order valence-corrected chi connectivity index (χ3v) is 6.62. The van der Waals surface area contributed by atoms with Gasteiger partial charge in [0.1, 0.15) is 0 Å². The summed E-state index contributed by atoms with van der Waals surface area (Å²) >= 11 is 0. The van der Waals surface area contributed by atoms with Crippen molar-refractivity contribution in [1.82, 2.24) is 0 Å². The Kier molecular flexibility index (Phi) is 21.6. The van der Waals surface area contributed by atoms with Crippen molar-refractivity contribution in [3.63, 3.8) is 0 Å². The lowest BCUT2D eigenvalue weighted by Crippen LogP contribution is -2.16. The predicted octanol–water partition coefficient (Wildman–Crippen LogP) is 9.87. The number of unbranched alkanes of at least 4 members (excludes halogenated alkanes) is 15. The van der Waals surface area contributed by atoms with Gasteiger partial charge in [-0.1, -0.05) is 130 Å². The molecule has 0 aromatic carbocycles. The number of ether oxygens (including phenoxy) is 1. The van der Waals surface area contributed by atoms with E-state index in [0.717, 1.165) is 6.61 Å². The molecule has 0 saturated carbocycles. The SMILES string of the molecule is CCCCCC(C)(CCC)CCCCCCCCCCCCCCCCOC. The fourth-order valence-corrected chi connectivity index (χ4v) is 4.70. The molecule has 0 aromatic rings. The third-order valence-electron chi connectivity index (χ3n) is 6.62. The van der Waals surface area contributed by atoms with Gasteiger partial charge in [-0.3, -0.25) is 0 Å². The maximum atomic E-state index is 5.10. The van der Waals surface area contributed by atoms with Gasteiger partial charge < -0.3 is 4.74 Å². The Labute approximate surface area is 179 Å². The lowest BCUT2D eigenvalue weighted by Gasteiger charge is -2.29. The number of methoxy groups -OCH3 is 1. The van der Waals surface area contributed by atoms with Gasteiger partial charge in [0, 0.05) is 13.7 Å². The molecule has 0 aliphatic heterocycles. The van der Waals surface area contributed by atoms with Crippen molar-refractivity contribution in [2.75, 3.05) is 13.7 Å². The van der Waals surface area contributed by atoms with Crippen LogP contribution in [0.2, 0.25) is 0 Å². The van der Waals surface area contributed by atoms with Crippen LogP contribution in [0.5, 0.6) is 0 Å². The van der Waals surface area contributed by atoms with Gasteiger partial charge in [0.15, 0.2) is 0 Å². The van der Waals surface area contributed by atoms with Crippen LogP contribution in [0.15, 0.2) is 0 Å². The molecule has 28 heavy (non-hydrogen) atoms. The Morgan fingerprint density at radius 1 is 0.464 bits per heavy atom. The molecular weight excluding hydrogens is 340 g/mol. The van der Waals surface area contributed by atoms with Crippen LogP contribution in [-0.2, 0) is 4.74 Å². The number of hydrogen-bond acceptors (Lipinski definition) is 1. The molecule has 0 aliphatic carbocycles. The smallest absolute Gasteiger partial charge is 0.0462 e. The Hall–Kier alpha value is -0.0400. The van der Waals surface area contributed by atoms with Crippen LogP contribution in [0.25, 0.3) is 0 Å². The van der Waals surface area contributed by atoms with Crippen LogP contribution in [0, 0.1) is 5.41 Å². The number of hydrogen-bond donors (Lipinski definition) is 0. The minimum atomic E-state index is 0.633. The topological polar surface area (TPSA) is 9.23 Å². The molecule has 0 amide bonds. The second kappa shape index (κ2) is 21.7. The van der Waals surface area contributed by atoms with Crippen LogP contribution < -0.4 is 0 Å². The summed E-state index contributed by atoms with van der Waals surface area (Å²) in [7, 11) is 1.80. The van der Waals surface area contributed by atoms with Crippen molar-refractivity contribution in [2.24, 2.45) is 5.41 Å². The van der Waals surface area contributed by atoms with E-state index in [-0.39, 0.29) is 0 Å². The van der Waals surface area contributed by atoms with E-state index in [9.17, 15) is 0 Å². The predicted molar refractivity (Wildman–Crippen MR) is 128 cm³/mol. The fourth-order valence-electron chi connectivity index (χ4n) is 4.70. The van der Waals surface area contributed by atoms with Gasteiger partial charge in [-0.25, -0.2) is 0 Å². The van der Waals surface area contributed by atoms with Gasteiger partial charge in [-0.05, 0) is 31.1 Å². The molecule has 1 heteroatoms. The molecule has 0 bridgehead atoms. The normalized spacial score (nSPS) is 13.7. The van der Waals surface area contributed by atoms with Gasteiger partial charge in [-0.2, -0.15) is 0 Å². The van der Waals surface area contributed by atoms with Crippen LogP contribution in [-0.4, -0.2) is 13.7 Å². The van der Waals surface area contributed by atoms with E-state index in [0.29, 0.717) is 5.41 Å². The molecule has 0 rings (SSSR count). The molecule has 170 valence electrons. The fraction of sp³-hybridized carbons (Fsp3) is 1.00. The monoisotopic (exact) mass is 396 g/mol. The van der Waals surface area contributed by atoms with Crippen molar-refractivity contribution in [3.8, 4) is 0 Å². The van der Waals surface area contributed by atoms with Crippen LogP contribution >= 0.6 is 0 Å². The van der Waals surface area contributed by atoms with Crippen LogP contribution in [0.3, 0.4) is 0 Å². The average Bonchev–Trinajstić information content (AvgIpc) is 2.68. The average molecular weight is 397 g/mol. The lowest BCUT2D eigenvalue weighted by atomic mass is 9.76. The van der Waals surface area contributed by atoms with E-state index in [4.69, 9.17) is 4.74 Å². The van der Waals surface area contributed by atoms with Gasteiger partial charge in [0.2, 0.25) is 0 Å². The minimum absolute atomic E-state index is 0.633. The highest BCUT2D eigenvalue weighted by Crippen LogP contribution is 2.35. The maximum Gasteiger partial charge on any atom is 0.0462 e. The maximum absolute atomic E-state index is 5.10. The van der Waals surface area contributed by atoms with E-state index < -0.39 is 0 Å². The molecule has 0 heterocycles. The molecule has 0 N–H and O–H groups in total. The summed E-state index contributed by atoms with van der Waals surface area (Å²) in [6.07, 6.45) is 30.0. The van der Waals surface area contributed by atoms with Gasteiger partial charge >= 0.3 is 0 Å². The van der Waals surface area contributed by atoms with E-state index in [1.54, 1.807) is 7.11 Å². The first-order valence-corrected chi connectivity index (χ1v) is 13.2. The lowest BCUT2D eigenvalue weighted by molar-refractivity contribution is 0.192. The van der Waals surface area contributed by atoms with Crippen molar-refractivity contribution in [1.29, 1.82) is 0 Å². The van der Waals surface area contributed by atoms with E-state index in [2.05, 4.69) is 20.8 Å². The summed E-state index contributed by atoms with van der Waals surface area (Å²) in [6, 6.07) is 0. The Morgan fingerprint density at radius 3 is 1.25 bits per heavy atom. The Balaban J connectivity index is 3.37. The molecule has 1 unspecified atom stereocenters. The van der Waals surface area contributed by atoms with Gasteiger partial charge in [-0.15, -0.1) is 0 Å². The van der Waals surface area contributed by atoms with E-state index in [1.807, 2.05) is 0 Å². The second-order valence-corrected chi connectivity index (χ2v) is 9.71. The highest BCUT2D eigenvalue weighted by molar-refractivity contribution is 4.74. The Bertz CT molecular complexity index is 288. The standard InChI is InChI=1S/C27H56O/c1-5-7-20-24-27(3,23-6-2)25-21-18-16-14-12-10-8-9-11-13-15-17-19-22-26-28-4/h5-26H2,1-4H3. The number of rotatable bonds is 23. The molecule has 0 aromatic heterocycles. The molecular formula is C27H56O.